The van der Waals surface area contributed by atoms with Crippen LogP contribution in [-0.2, 0) is 6.42 Å². The van der Waals surface area contributed by atoms with Crippen LogP contribution in [0.15, 0.2) is 24.3 Å². The Bertz CT molecular complexity index is 282. The molecule has 3 nitrogen and oxygen atoms in total. The fourth-order valence-electron chi connectivity index (χ4n) is 1.40. The van der Waals surface area contributed by atoms with Crippen LogP contribution in [0, 0.1) is 0 Å². The molecular weight excluding hydrogens is 188 g/mol. The Morgan fingerprint density at radius 1 is 1.27 bits per heavy atom. The molecule has 3 heteroatoms. The quantitative estimate of drug-likeness (QED) is 0.752. The first-order valence-corrected chi connectivity index (χ1v) is 5.25. The van der Waals surface area contributed by atoms with Gasteiger partial charge in [-0.2, -0.15) is 0 Å². The fourth-order valence-corrected chi connectivity index (χ4v) is 1.40. The molecule has 0 aromatic heterocycles. The van der Waals surface area contributed by atoms with Crippen molar-refractivity contribution in [3.05, 3.63) is 35.4 Å². The lowest BCUT2D eigenvalue weighted by atomic mass is 10.1. The molecule has 84 valence electrons. The summed E-state index contributed by atoms with van der Waals surface area (Å²) in [6, 6.07) is 8.00. The highest BCUT2D eigenvalue weighted by atomic mass is 16.3. The average Bonchev–Trinajstić information content (AvgIpc) is 2.26. The second kappa shape index (κ2) is 5.85. The van der Waals surface area contributed by atoms with Crippen molar-refractivity contribution in [1.29, 1.82) is 0 Å². The number of aliphatic hydroxyl groups is 1. The lowest BCUT2D eigenvalue weighted by Crippen LogP contribution is -2.15. The van der Waals surface area contributed by atoms with Crippen molar-refractivity contribution < 1.29 is 5.11 Å². The number of likely N-dealkylation sites (N-methyl/N-ethyl adjacent to an activating group) is 1. The Hall–Kier alpha value is -0.900. The number of benzene rings is 1. The Labute approximate surface area is 91.5 Å². The van der Waals surface area contributed by atoms with Crippen molar-refractivity contribution in [2.75, 3.05) is 27.2 Å². The number of nitrogens with zero attached hydrogens (tertiary/aromatic N) is 1. The average molecular weight is 208 g/mol. The standard InChI is InChI=1S/C12H20N2O/c1-14(2)8-7-10-3-5-11(6-4-10)12(15)9-13/h3-6,12,15H,7-9,13H2,1-2H3. The van der Waals surface area contributed by atoms with Gasteiger partial charge in [-0.25, -0.2) is 0 Å². The van der Waals surface area contributed by atoms with E-state index in [4.69, 9.17) is 5.73 Å². The molecule has 0 heterocycles. The van der Waals surface area contributed by atoms with Crippen molar-refractivity contribution >= 4 is 0 Å². The molecule has 0 amide bonds. The maximum Gasteiger partial charge on any atom is 0.0912 e. The van der Waals surface area contributed by atoms with Crippen molar-refractivity contribution in [1.82, 2.24) is 4.90 Å². The zero-order chi connectivity index (χ0) is 11.3. The lowest BCUT2D eigenvalue weighted by molar-refractivity contribution is 0.186. The van der Waals surface area contributed by atoms with E-state index >= 15 is 0 Å². The zero-order valence-electron chi connectivity index (χ0n) is 9.48. The van der Waals surface area contributed by atoms with Crippen LogP contribution in [0.1, 0.15) is 17.2 Å². The molecule has 3 N–H and O–H groups in total. The van der Waals surface area contributed by atoms with Crippen molar-refractivity contribution in [3.8, 4) is 0 Å². The molecule has 1 rings (SSSR count). The first-order valence-electron chi connectivity index (χ1n) is 5.25. The summed E-state index contributed by atoms with van der Waals surface area (Å²) in [6.07, 6.45) is 0.499. The van der Waals surface area contributed by atoms with Gasteiger partial charge in [-0.05, 0) is 31.6 Å². The molecule has 1 atom stereocenters. The third-order valence-electron chi connectivity index (χ3n) is 2.44. The summed E-state index contributed by atoms with van der Waals surface area (Å²) in [4.78, 5) is 2.16. The predicted molar refractivity (Wildman–Crippen MR) is 62.7 cm³/mol. The van der Waals surface area contributed by atoms with Crippen LogP contribution in [0.3, 0.4) is 0 Å². The van der Waals surface area contributed by atoms with Gasteiger partial charge in [-0.15, -0.1) is 0 Å². The zero-order valence-corrected chi connectivity index (χ0v) is 9.48. The molecule has 0 spiro atoms. The molecule has 0 bridgehead atoms. The van der Waals surface area contributed by atoms with Gasteiger partial charge < -0.3 is 15.7 Å². The van der Waals surface area contributed by atoms with Gasteiger partial charge in [0.1, 0.15) is 0 Å². The Morgan fingerprint density at radius 2 is 1.87 bits per heavy atom. The molecule has 0 saturated heterocycles. The summed E-state index contributed by atoms with van der Waals surface area (Å²) in [5.74, 6) is 0. The normalized spacial score (nSPS) is 13.1. The minimum Gasteiger partial charge on any atom is -0.387 e. The first kappa shape index (κ1) is 12.2. The molecule has 15 heavy (non-hydrogen) atoms. The highest BCUT2D eigenvalue weighted by Gasteiger charge is 2.04. The summed E-state index contributed by atoms with van der Waals surface area (Å²) in [5.41, 5.74) is 7.57. The van der Waals surface area contributed by atoms with E-state index in [9.17, 15) is 5.11 Å². The molecule has 0 aliphatic carbocycles. The summed E-state index contributed by atoms with van der Waals surface area (Å²) < 4.78 is 0. The van der Waals surface area contributed by atoms with E-state index in [1.165, 1.54) is 5.56 Å². The smallest absolute Gasteiger partial charge is 0.0912 e. The van der Waals surface area contributed by atoms with Crippen LogP contribution in [0.25, 0.3) is 0 Å². The number of hydrogen-bond acceptors (Lipinski definition) is 3. The van der Waals surface area contributed by atoms with Crippen LogP contribution in [0.4, 0.5) is 0 Å². The maximum absolute atomic E-state index is 9.51. The van der Waals surface area contributed by atoms with Crippen LogP contribution in [0.5, 0.6) is 0 Å². The van der Waals surface area contributed by atoms with E-state index in [-0.39, 0.29) is 6.54 Å². The van der Waals surface area contributed by atoms with E-state index in [2.05, 4.69) is 31.1 Å². The maximum atomic E-state index is 9.51. The van der Waals surface area contributed by atoms with E-state index in [1.54, 1.807) is 0 Å². The fraction of sp³-hybridized carbons (Fsp3) is 0.500. The molecule has 0 fully saturated rings. The molecule has 1 unspecified atom stereocenters. The highest BCUT2D eigenvalue weighted by molar-refractivity contribution is 5.24. The molecule has 1 aromatic rings. The summed E-state index contributed by atoms with van der Waals surface area (Å²) >= 11 is 0. The number of nitrogens with two attached hydrogens (primary N) is 1. The molecule has 0 aliphatic rings. The SMILES string of the molecule is CN(C)CCc1ccc(C(O)CN)cc1. The largest absolute Gasteiger partial charge is 0.387 e. The van der Waals surface area contributed by atoms with Crippen molar-refractivity contribution in [2.24, 2.45) is 5.73 Å². The van der Waals surface area contributed by atoms with Gasteiger partial charge in [-0.1, -0.05) is 24.3 Å². The van der Waals surface area contributed by atoms with E-state index < -0.39 is 6.10 Å². The third kappa shape index (κ3) is 4.00. The monoisotopic (exact) mass is 208 g/mol. The van der Waals surface area contributed by atoms with Crippen LogP contribution in [-0.4, -0.2) is 37.2 Å². The lowest BCUT2D eigenvalue weighted by Gasteiger charge is -2.11. The Balaban J connectivity index is 2.56. The van der Waals surface area contributed by atoms with Gasteiger partial charge >= 0.3 is 0 Å². The minimum absolute atomic E-state index is 0.275. The first-order chi connectivity index (χ1) is 7.13. The second-order valence-electron chi connectivity index (χ2n) is 4.05. The Morgan fingerprint density at radius 3 is 2.33 bits per heavy atom. The predicted octanol–water partition coefficient (Wildman–Crippen LogP) is 0.783. The van der Waals surface area contributed by atoms with Gasteiger partial charge in [0.25, 0.3) is 0 Å². The topological polar surface area (TPSA) is 49.5 Å². The van der Waals surface area contributed by atoms with E-state index in [1.807, 2.05) is 12.1 Å². The number of aliphatic hydroxyl groups excluding tert-OH is 1. The summed E-state index contributed by atoms with van der Waals surface area (Å²) in [7, 11) is 4.12. The minimum atomic E-state index is -0.534. The summed E-state index contributed by atoms with van der Waals surface area (Å²) in [6.45, 7) is 1.32. The van der Waals surface area contributed by atoms with E-state index in [0.717, 1.165) is 18.5 Å². The number of rotatable bonds is 5. The van der Waals surface area contributed by atoms with Gasteiger partial charge in [0.05, 0.1) is 6.10 Å². The molecule has 1 aromatic carbocycles. The molecule has 0 radical (unpaired) electrons. The van der Waals surface area contributed by atoms with E-state index in [0.29, 0.717) is 0 Å². The molecular formula is C12H20N2O. The van der Waals surface area contributed by atoms with Crippen molar-refractivity contribution in [3.63, 3.8) is 0 Å². The molecule has 0 saturated carbocycles. The second-order valence-corrected chi connectivity index (χ2v) is 4.05. The van der Waals surface area contributed by atoms with Gasteiger partial charge in [0.15, 0.2) is 0 Å². The van der Waals surface area contributed by atoms with Crippen molar-refractivity contribution in [2.45, 2.75) is 12.5 Å². The highest BCUT2D eigenvalue weighted by Crippen LogP contribution is 2.12. The van der Waals surface area contributed by atoms with Crippen LogP contribution in [0.2, 0.25) is 0 Å². The third-order valence-corrected chi connectivity index (χ3v) is 2.44. The van der Waals surface area contributed by atoms with Crippen LogP contribution >= 0.6 is 0 Å². The number of hydrogen-bond donors (Lipinski definition) is 2. The van der Waals surface area contributed by atoms with Gasteiger partial charge in [-0.3, -0.25) is 0 Å². The van der Waals surface area contributed by atoms with Gasteiger partial charge in [0, 0.05) is 13.1 Å². The Kier molecular flexibility index (Phi) is 4.75. The van der Waals surface area contributed by atoms with Gasteiger partial charge in [0.2, 0.25) is 0 Å². The molecule has 0 aliphatic heterocycles. The van der Waals surface area contributed by atoms with Crippen LogP contribution < -0.4 is 5.73 Å². The summed E-state index contributed by atoms with van der Waals surface area (Å²) in [5, 5.41) is 9.51.